The molecule has 2 rings (SSSR count). The van der Waals surface area contributed by atoms with Crippen LogP contribution in [0.25, 0.3) is 11.4 Å². The molecule has 0 saturated carbocycles. The second-order valence-corrected chi connectivity index (χ2v) is 6.06. The van der Waals surface area contributed by atoms with Gasteiger partial charge in [-0.05, 0) is 39.2 Å². The molecule has 0 fully saturated rings. The predicted molar refractivity (Wildman–Crippen MR) is 78.5 cm³/mol. The molecule has 0 aromatic carbocycles. The summed E-state index contributed by atoms with van der Waals surface area (Å²) in [5.41, 5.74) is 6.75. The van der Waals surface area contributed by atoms with E-state index in [0.29, 0.717) is 5.16 Å². The Balaban J connectivity index is 2.62. The van der Waals surface area contributed by atoms with Gasteiger partial charge in [0.2, 0.25) is 0 Å². The van der Waals surface area contributed by atoms with Crippen molar-refractivity contribution in [3.63, 3.8) is 0 Å². The largest absolute Gasteiger partial charge is 0.364 e. The van der Waals surface area contributed by atoms with E-state index in [1.165, 1.54) is 11.8 Å². The molecule has 0 aliphatic heterocycles. The van der Waals surface area contributed by atoms with E-state index in [0.717, 1.165) is 11.4 Å². The Morgan fingerprint density at radius 3 is 2.65 bits per heavy atom. The zero-order valence-electron chi connectivity index (χ0n) is 11.9. The SMILES string of the molecule is CSc1nccc(-c2cc(C(N)=O)nn2C(C)(C)C)n1. The number of aromatic nitrogens is 4. The van der Waals surface area contributed by atoms with Crippen LogP contribution >= 0.6 is 11.8 Å². The summed E-state index contributed by atoms with van der Waals surface area (Å²) in [6.07, 6.45) is 3.60. The topological polar surface area (TPSA) is 86.7 Å². The Morgan fingerprint density at radius 1 is 1.40 bits per heavy atom. The molecule has 0 aliphatic rings. The van der Waals surface area contributed by atoms with Gasteiger partial charge in [0.15, 0.2) is 10.9 Å². The molecule has 0 saturated heterocycles. The molecular formula is C13H17N5OS. The van der Waals surface area contributed by atoms with Gasteiger partial charge < -0.3 is 5.73 Å². The zero-order valence-corrected chi connectivity index (χ0v) is 12.7. The van der Waals surface area contributed by atoms with Crippen molar-refractivity contribution in [2.45, 2.75) is 31.5 Å². The van der Waals surface area contributed by atoms with Crippen molar-refractivity contribution >= 4 is 17.7 Å². The maximum Gasteiger partial charge on any atom is 0.269 e. The maximum absolute atomic E-state index is 11.4. The number of primary amides is 1. The van der Waals surface area contributed by atoms with Gasteiger partial charge in [-0.15, -0.1) is 0 Å². The Labute approximate surface area is 121 Å². The first-order valence-electron chi connectivity index (χ1n) is 6.10. The van der Waals surface area contributed by atoms with Crippen LogP contribution in [0.15, 0.2) is 23.5 Å². The van der Waals surface area contributed by atoms with Crippen molar-refractivity contribution in [2.24, 2.45) is 5.73 Å². The lowest BCUT2D eigenvalue weighted by Gasteiger charge is -2.22. The molecule has 2 heterocycles. The minimum Gasteiger partial charge on any atom is -0.364 e. The number of amides is 1. The van der Waals surface area contributed by atoms with E-state index in [9.17, 15) is 4.79 Å². The average Bonchev–Trinajstić information content (AvgIpc) is 2.84. The van der Waals surface area contributed by atoms with Crippen LogP contribution in [0.3, 0.4) is 0 Å². The first-order valence-corrected chi connectivity index (χ1v) is 7.33. The zero-order chi connectivity index (χ0) is 14.9. The minimum atomic E-state index is -0.548. The molecule has 2 N–H and O–H groups in total. The van der Waals surface area contributed by atoms with Gasteiger partial charge in [-0.25, -0.2) is 9.97 Å². The smallest absolute Gasteiger partial charge is 0.269 e. The number of rotatable bonds is 3. The summed E-state index contributed by atoms with van der Waals surface area (Å²) in [5, 5.41) is 4.96. The van der Waals surface area contributed by atoms with Crippen molar-refractivity contribution in [1.29, 1.82) is 0 Å². The molecule has 20 heavy (non-hydrogen) atoms. The van der Waals surface area contributed by atoms with Gasteiger partial charge in [0.25, 0.3) is 5.91 Å². The van der Waals surface area contributed by atoms with Gasteiger partial charge in [0.05, 0.1) is 16.9 Å². The van der Waals surface area contributed by atoms with E-state index in [2.05, 4.69) is 15.1 Å². The fourth-order valence-electron chi connectivity index (χ4n) is 1.78. The van der Waals surface area contributed by atoms with E-state index in [4.69, 9.17) is 5.73 Å². The van der Waals surface area contributed by atoms with Gasteiger partial charge in [0, 0.05) is 6.20 Å². The van der Waals surface area contributed by atoms with E-state index < -0.39 is 5.91 Å². The lowest BCUT2D eigenvalue weighted by atomic mass is 10.1. The van der Waals surface area contributed by atoms with E-state index in [-0.39, 0.29) is 11.2 Å². The third-order valence-corrected chi connectivity index (χ3v) is 3.24. The van der Waals surface area contributed by atoms with Gasteiger partial charge in [-0.3, -0.25) is 9.48 Å². The highest BCUT2D eigenvalue weighted by molar-refractivity contribution is 7.98. The third kappa shape index (κ3) is 2.82. The Morgan fingerprint density at radius 2 is 2.10 bits per heavy atom. The van der Waals surface area contributed by atoms with Gasteiger partial charge in [-0.2, -0.15) is 5.10 Å². The van der Waals surface area contributed by atoms with Crippen molar-refractivity contribution < 1.29 is 4.79 Å². The summed E-state index contributed by atoms with van der Waals surface area (Å²) in [7, 11) is 0. The highest BCUT2D eigenvalue weighted by Gasteiger charge is 2.23. The molecule has 0 bridgehead atoms. The Bertz CT molecular complexity index is 644. The number of carbonyl (C=O) groups is 1. The Hall–Kier alpha value is -1.89. The van der Waals surface area contributed by atoms with Crippen LogP contribution in [0.4, 0.5) is 0 Å². The molecule has 2 aromatic rings. The standard InChI is InChI=1S/C13H17N5OS/c1-13(2,3)18-10(7-9(17-18)11(14)19)8-5-6-15-12(16-8)20-4/h5-7H,1-4H3,(H2,14,19). The lowest BCUT2D eigenvalue weighted by Crippen LogP contribution is -2.25. The van der Waals surface area contributed by atoms with Crippen molar-refractivity contribution in [3.05, 3.63) is 24.0 Å². The summed E-state index contributed by atoms with van der Waals surface area (Å²) in [5.74, 6) is -0.548. The number of carbonyl (C=O) groups excluding carboxylic acids is 1. The second kappa shape index (κ2) is 5.24. The monoisotopic (exact) mass is 291 g/mol. The molecule has 0 spiro atoms. The van der Waals surface area contributed by atoms with Gasteiger partial charge in [-0.1, -0.05) is 11.8 Å². The average molecular weight is 291 g/mol. The van der Waals surface area contributed by atoms with Crippen molar-refractivity contribution in [3.8, 4) is 11.4 Å². The molecule has 7 heteroatoms. The minimum absolute atomic E-state index is 0.235. The summed E-state index contributed by atoms with van der Waals surface area (Å²) < 4.78 is 1.76. The van der Waals surface area contributed by atoms with Crippen molar-refractivity contribution in [1.82, 2.24) is 19.7 Å². The second-order valence-electron chi connectivity index (χ2n) is 5.29. The quantitative estimate of drug-likeness (QED) is 0.689. The number of hydrogen-bond acceptors (Lipinski definition) is 5. The predicted octanol–water partition coefficient (Wildman–Crippen LogP) is 1.92. The van der Waals surface area contributed by atoms with Gasteiger partial charge in [0.1, 0.15) is 0 Å². The van der Waals surface area contributed by atoms with E-state index in [1.54, 1.807) is 23.0 Å². The first kappa shape index (κ1) is 14.5. The lowest BCUT2D eigenvalue weighted by molar-refractivity contribution is 0.0994. The van der Waals surface area contributed by atoms with Crippen molar-refractivity contribution in [2.75, 3.05) is 6.26 Å². The fourth-order valence-corrected chi connectivity index (χ4v) is 2.13. The van der Waals surface area contributed by atoms with E-state index >= 15 is 0 Å². The normalized spacial score (nSPS) is 11.6. The Kier molecular flexibility index (Phi) is 3.80. The van der Waals surface area contributed by atoms with Crippen LogP contribution in [0, 0.1) is 0 Å². The highest BCUT2D eigenvalue weighted by Crippen LogP contribution is 2.26. The summed E-state index contributed by atoms with van der Waals surface area (Å²) in [6.45, 7) is 6.01. The molecule has 0 atom stereocenters. The number of nitrogens with two attached hydrogens (primary N) is 1. The number of thioether (sulfide) groups is 1. The third-order valence-electron chi connectivity index (χ3n) is 2.68. The van der Waals surface area contributed by atoms with E-state index in [1.807, 2.05) is 27.0 Å². The molecule has 0 unspecified atom stereocenters. The first-order chi connectivity index (χ1) is 9.32. The molecule has 106 valence electrons. The van der Waals surface area contributed by atoms with Crippen LogP contribution in [-0.4, -0.2) is 31.9 Å². The van der Waals surface area contributed by atoms with Gasteiger partial charge >= 0.3 is 0 Å². The molecule has 1 amide bonds. The summed E-state index contributed by atoms with van der Waals surface area (Å²) in [6, 6.07) is 3.46. The maximum atomic E-state index is 11.4. The molecule has 0 radical (unpaired) electrons. The molecular weight excluding hydrogens is 274 g/mol. The van der Waals surface area contributed by atoms with Crippen LogP contribution in [-0.2, 0) is 5.54 Å². The van der Waals surface area contributed by atoms with Crippen LogP contribution in [0.5, 0.6) is 0 Å². The number of hydrogen-bond donors (Lipinski definition) is 1. The summed E-state index contributed by atoms with van der Waals surface area (Å²) in [4.78, 5) is 20.0. The highest BCUT2D eigenvalue weighted by atomic mass is 32.2. The van der Waals surface area contributed by atoms with Crippen LogP contribution < -0.4 is 5.73 Å². The number of nitrogens with zero attached hydrogens (tertiary/aromatic N) is 4. The molecule has 2 aromatic heterocycles. The summed E-state index contributed by atoms with van der Waals surface area (Å²) >= 11 is 1.46. The molecule has 0 aliphatic carbocycles. The fraction of sp³-hybridized carbons (Fsp3) is 0.385. The molecule has 6 nitrogen and oxygen atoms in total. The van der Waals surface area contributed by atoms with Crippen LogP contribution in [0.2, 0.25) is 0 Å². The van der Waals surface area contributed by atoms with Crippen LogP contribution in [0.1, 0.15) is 31.3 Å².